The number of amides is 1. The van der Waals surface area contributed by atoms with Crippen LogP contribution in [0.4, 0.5) is 9.52 Å². The molecule has 0 fully saturated rings. The third-order valence-electron chi connectivity index (χ3n) is 4.34. The summed E-state index contributed by atoms with van der Waals surface area (Å²) in [4.78, 5) is 18.4. The number of anilines is 1. The van der Waals surface area contributed by atoms with Gasteiger partial charge in [0.2, 0.25) is 5.91 Å². The summed E-state index contributed by atoms with van der Waals surface area (Å²) in [7, 11) is 0. The Labute approximate surface area is 170 Å². The number of para-hydroxylation sites is 1. The lowest BCUT2D eigenvalue weighted by molar-refractivity contribution is -0.122. The molecule has 0 saturated heterocycles. The summed E-state index contributed by atoms with van der Waals surface area (Å²) in [6.07, 6.45) is 0. The first kappa shape index (κ1) is 18.6. The highest BCUT2D eigenvalue weighted by Crippen LogP contribution is 2.28. The molecular weight excluding hydrogens is 393 g/mol. The van der Waals surface area contributed by atoms with E-state index in [-0.39, 0.29) is 17.8 Å². The van der Waals surface area contributed by atoms with Crippen LogP contribution >= 0.6 is 22.7 Å². The number of nitrogens with one attached hydrogen (secondary N) is 2. The van der Waals surface area contributed by atoms with Gasteiger partial charge in [-0.3, -0.25) is 4.79 Å². The summed E-state index contributed by atoms with van der Waals surface area (Å²) in [5, 5.41) is 8.92. The molecule has 0 radical (unpaired) electrons. The summed E-state index contributed by atoms with van der Waals surface area (Å²) in [6.45, 7) is 1.80. The van der Waals surface area contributed by atoms with Gasteiger partial charge in [0.05, 0.1) is 16.3 Å². The maximum absolute atomic E-state index is 13.3. The van der Waals surface area contributed by atoms with Gasteiger partial charge in [-0.25, -0.2) is 9.37 Å². The van der Waals surface area contributed by atoms with E-state index in [1.807, 2.05) is 41.8 Å². The predicted octanol–water partition coefficient (Wildman–Crippen LogP) is 5.20. The smallest absolute Gasteiger partial charge is 0.243 e. The van der Waals surface area contributed by atoms with E-state index in [9.17, 15) is 9.18 Å². The Morgan fingerprint density at radius 1 is 1.07 bits per heavy atom. The summed E-state index contributed by atoms with van der Waals surface area (Å²) < 4.78 is 14.4. The number of rotatable bonds is 6. The molecule has 0 aliphatic carbocycles. The van der Waals surface area contributed by atoms with Crippen molar-refractivity contribution in [2.45, 2.75) is 19.0 Å². The zero-order valence-corrected chi connectivity index (χ0v) is 16.7. The van der Waals surface area contributed by atoms with E-state index in [1.165, 1.54) is 23.5 Å². The van der Waals surface area contributed by atoms with Crippen LogP contribution in [0.15, 0.2) is 66.0 Å². The molecule has 2 atom stereocenters. The summed E-state index contributed by atoms with van der Waals surface area (Å²) >= 11 is 3.07. The molecule has 2 heterocycles. The number of halogens is 1. The maximum atomic E-state index is 13.3. The molecule has 0 bridgehead atoms. The molecule has 0 aliphatic heterocycles. The van der Waals surface area contributed by atoms with Crippen LogP contribution in [0.3, 0.4) is 0 Å². The third-order valence-corrected chi connectivity index (χ3v) is 6.25. The first-order valence-electron chi connectivity index (χ1n) is 8.81. The van der Waals surface area contributed by atoms with Gasteiger partial charge in [0.1, 0.15) is 11.9 Å². The van der Waals surface area contributed by atoms with Crippen LogP contribution in [0.25, 0.3) is 10.2 Å². The number of hydrogen-bond acceptors (Lipinski definition) is 5. The van der Waals surface area contributed by atoms with E-state index >= 15 is 0 Å². The van der Waals surface area contributed by atoms with Crippen molar-refractivity contribution in [1.29, 1.82) is 0 Å². The van der Waals surface area contributed by atoms with Gasteiger partial charge in [-0.2, -0.15) is 0 Å². The number of thiophene rings is 1. The number of aromatic nitrogens is 1. The van der Waals surface area contributed by atoms with Crippen molar-refractivity contribution in [2.24, 2.45) is 0 Å². The highest BCUT2D eigenvalue weighted by atomic mass is 32.1. The fourth-order valence-electron chi connectivity index (χ4n) is 2.88. The molecule has 142 valence electrons. The average Bonchev–Trinajstić information content (AvgIpc) is 3.36. The molecule has 0 unspecified atom stereocenters. The quantitative estimate of drug-likeness (QED) is 0.458. The Kier molecular flexibility index (Phi) is 5.36. The van der Waals surface area contributed by atoms with Gasteiger partial charge in [-0.1, -0.05) is 41.7 Å². The molecule has 1 amide bonds. The average molecular weight is 412 g/mol. The molecule has 0 aliphatic rings. The van der Waals surface area contributed by atoms with E-state index < -0.39 is 6.04 Å². The number of thiazole rings is 1. The second-order valence-corrected chi connectivity index (χ2v) is 8.37. The number of carbonyl (C=O) groups excluding carboxylic acids is 1. The molecule has 0 saturated carbocycles. The third kappa shape index (κ3) is 4.05. The van der Waals surface area contributed by atoms with Gasteiger partial charge in [0, 0.05) is 4.88 Å². The molecule has 4 aromatic rings. The van der Waals surface area contributed by atoms with Gasteiger partial charge in [-0.05, 0) is 48.2 Å². The highest BCUT2D eigenvalue weighted by molar-refractivity contribution is 7.22. The van der Waals surface area contributed by atoms with Crippen molar-refractivity contribution in [2.75, 3.05) is 5.32 Å². The van der Waals surface area contributed by atoms with Gasteiger partial charge < -0.3 is 10.6 Å². The Morgan fingerprint density at radius 2 is 1.86 bits per heavy atom. The van der Waals surface area contributed by atoms with Crippen molar-refractivity contribution in [3.63, 3.8) is 0 Å². The number of hydrogen-bond donors (Lipinski definition) is 2. The summed E-state index contributed by atoms with van der Waals surface area (Å²) in [5.74, 6) is -0.451. The number of fused-ring (bicyclic) bond motifs is 1. The zero-order valence-electron chi connectivity index (χ0n) is 15.1. The van der Waals surface area contributed by atoms with Crippen LogP contribution in [0, 0.1) is 5.82 Å². The van der Waals surface area contributed by atoms with Crippen molar-refractivity contribution in [3.05, 3.63) is 82.3 Å². The number of benzene rings is 2. The van der Waals surface area contributed by atoms with Crippen LogP contribution in [0.2, 0.25) is 0 Å². The van der Waals surface area contributed by atoms with Crippen LogP contribution in [-0.2, 0) is 4.79 Å². The molecule has 28 heavy (non-hydrogen) atoms. The molecule has 7 heteroatoms. The fraction of sp³-hybridized carbons (Fsp3) is 0.143. The zero-order chi connectivity index (χ0) is 19.5. The second-order valence-electron chi connectivity index (χ2n) is 6.36. The Bertz CT molecular complexity index is 1040. The van der Waals surface area contributed by atoms with Gasteiger partial charge >= 0.3 is 0 Å². The van der Waals surface area contributed by atoms with E-state index in [0.29, 0.717) is 5.13 Å². The Hall–Kier alpha value is -2.77. The topological polar surface area (TPSA) is 54.0 Å². The van der Waals surface area contributed by atoms with Gasteiger partial charge in [0.15, 0.2) is 5.13 Å². The number of nitrogens with zero attached hydrogens (tertiary/aromatic N) is 1. The molecule has 0 spiro atoms. The monoisotopic (exact) mass is 411 g/mol. The van der Waals surface area contributed by atoms with E-state index in [2.05, 4.69) is 15.6 Å². The van der Waals surface area contributed by atoms with Crippen LogP contribution < -0.4 is 10.6 Å². The minimum absolute atomic E-state index is 0.151. The molecular formula is C21H18FN3OS2. The summed E-state index contributed by atoms with van der Waals surface area (Å²) in [5.41, 5.74) is 1.75. The first-order chi connectivity index (χ1) is 13.6. The molecule has 2 aromatic carbocycles. The highest BCUT2D eigenvalue weighted by Gasteiger charge is 2.22. The van der Waals surface area contributed by atoms with Crippen LogP contribution in [0.5, 0.6) is 0 Å². The SMILES string of the molecule is C[C@@H](Nc1nc2ccccc2s1)C(=O)N[C@H](c1ccc(F)cc1)c1cccs1. The minimum atomic E-state index is -0.469. The lowest BCUT2D eigenvalue weighted by Gasteiger charge is -2.21. The lowest BCUT2D eigenvalue weighted by Crippen LogP contribution is -2.39. The minimum Gasteiger partial charge on any atom is -0.350 e. The Balaban J connectivity index is 1.51. The fourth-order valence-corrected chi connectivity index (χ4v) is 4.64. The van der Waals surface area contributed by atoms with Crippen LogP contribution in [-0.4, -0.2) is 16.9 Å². The van der Waals surface area contributed by atoms with Crippen molar-refractivity contribution >= 4 is 43.9 Å². The number of carbonyl (C=O) groups is 1. The largest absolute Gasteiger partial charge is 0.350 e. The van der Waals surface area contributed by atoms with E-state index in [1.54, 1.807) is 30.4 Å². The van der Waals surface area contributed by atoms with Gasteiger partial charge in [-0.15, -0.1) is 11.3 Å². The predicted molar refractivity (Wildman–Crippen MR) is 113 cm³/mol. The second kappa shape index (κ2) is 8.08. The van der Waals surface area contributed by atoms with Crippen molar-refractivity contribution in [3.8, 4) is 0 Å². The van der Waals surface area contributed by atoms with E-state index in [0.717, 1.165) is 20.7 Å². The van der Waals surface area contributed by atoms with Crippen molar-refractivity contribution < 1.29 is 9.18 Å². The molecule has 4 nitrogen and oxygen atoms in total. The normalized spacial score (nSPS) is 13.2. The molecule has 4 rings (SSSR count). The molecule has 2 aromatic heterocycles. The first-order valence-corrected chi connectivity index (χ1v) is 10.5. The Morgan fingerprint density at radius 3 is 2.57 bits per heavy atom. The van der Waals surface area contributed by atoms with Gasteiger partial charge in [0.25, 0.3) is 0 Å². The van der Waals surface area contributed by atoms with Crippen LogP contribution in [0.1, 0.15) is 23.4 Å². The van der Waals surface area contributed by atoms with Crippen molar-refractivity contribution in [1.82, 2.24) is 10.3 Å². The molecule has 2 N–H and O–H groups in total. The maximum Gasteiger partial charge on any atom is 0.243 e. The summed E-state index contributed by atoms with van der Waals surface area (Å²) in [6, 6.07) is 17.2. The lowest BCUT2D eigenvalue weighted by atomic mass is 10.0. The van der Waals surface area contributed by atoms with E-state index in [4.69, 9.17) is 0 Å². The standard InChI is InChI=1S/C21H18FN3OS2/c1-13(23-21-24-16-5-2-3-6-17(16)28-21)20(26)25-19(18-7-4-12-27-18)14-8-10-15(22)11-9-14/h2-13,19H,1H3,(H,23,24)(H,25,26)/t13-,19-/m1/s1.